The van der Waals surface area contributed by atoms with Crippen molar-refractivity contribution < 1.29 is 0 Å². The van der Waals surface area contributed by atoms with E-state index in [4.69, 9.17) is 0 Å². The molecule has 1 aromatic heterocycles. The number of hydrogen-bond donors (Lipinski definition) is 2. The molecule has 0 saturated carbocycles. The lowest BCUT2D eigenvalue weighted by Crippen LogP contribution is -2.44. The van der Waals surface area contributed by atoms with E-state index in [1.165, 1.54) is 35.6 Å². The fourth-order valence-corrected chi connectivity index (χ4v) is 3.43. The summed E-state index contributed by atoms with van der Waals surface area (Å²) < 4.78 is 0. The summed E-state index contributed by atoms with van der Waals surface area (Å²) in [6.07, 6.45) is 5.22. The third-order valence-electron chi connectivity index (χ3n) is 3.43. The summed E-state index contributed by atoms with van der Waals surface area (Å²) in [4.78, 5) is 2.92. The van der Waals surface area contributed by atoms with Crippen molar-refractivity contribution in [3.05, 3.63) is 21.9 Å². The summed E-state index contributed by atoms with van der Waals surface area (Å²) in [5, 5.41) is 7.24. The molecule has 2 N–H and O–H groups in total. The first-order chi connectivity index (χ1) is 8.24. The largest absolute Gasteiger partial charge is 0.313 e. The summed E-state index contributed by atoms with van der Waals surface area (Å²) in [6, 6.07) is 5.75. The Labute approximate surface area is 109 Å². The van der Waals surface area contributed by atoms with Crippen molar-refractivity contribution in [2.45, 2.75) is 51.6 Å². The van der Waals surface area contributed by atoms with Gasteiger partial charge in [-0.05, 0) is 51.8 Å². The molecule has 1 aliphatic rings. The highest BCUT2D eigenvalue weighted by Gasteiger charge is 2.13. The van der Waals surface area contributed by atoms with E-state index in [1.807, 2.05) is 11.3 Å². The Hall–Kier alpha value is -0.380. The van der Waals surface area contributed by atoms with E-state index in [2.05, 4.69) is 36.6 Å². The number of hydrogen-bond acceptors (Lipinski definition) is 3. The Morgan fingerprint density at radius 1 is 1.47 bits per heavy atom. The highest BCUT2D eigenvalue weighted by Crippen LogP contribution is 2.16. The Balaban J connectivity index is 1.68. The molecule has 2 unspecified atom stereocenters. The lowest BCUT2D eigenvalue weighted by atomic mass is 10.0. The molecule has 0 aromatic carbocycles. The minimum absolute atomic E-state index is 0.580. The maximum absolute atomic E-state index is 3.65. The van der Waals surface area contributed by atoms with Crippen LogP contribution in [0.5, 0.6) is 0 Å². The van der Waals surface area contributed by atoms with Gasteiger partial charge in [0, 0.05) is 28.4 Å². The number of thiophene rings is 1. The second-order valence-corrected chi connectivity index (χ2v) is 6.55. The van der Waals surface area contributed by atoms with Gasteiger partial charge in [-0.1, -0.05) is 6.42 Å². The van der Waals surface area contributed by atoms with Crippen LogP contribution in [-0.4, -0.2) is 25.2 Å². The van der Waals surface area contributed by atoms with Crippen molar-refractivity contribution >= 4 is 11.3 Å². The second-order valence-electron chi connectivity index (χ2n) is 5.17. The summed E-state index contributed by atoms with van der Waals surface area (Å²) in [7, 11) is 0. The monoisotopic (exact) mass is 252 g/mol. The van der Waals surface area contributed by atoms with Crippen LogP contribution in [0.3, 0.4) is 0 Å². The molecule has 2 atom stereocenters. The zero-order valence-corrected chi connectivity index (χ0v) is 11.8. The van der Waals surface area contributed by atoms with Gasteiger partial charge >= 0.3 is 0 Å². The summed E-state index contributed by atoms with van der Waals surface area (Å²) in [6.45, 7) is 6.78. The van der Waals surface area contributed by atoms with Crippen LogP contribution >= 0.6 is 11.3 Å². The SMILES string of the molecule is Cc1ccc(CC(C)NCC2CCCCN2)s1. The first kappa shape index (κ1) is 13.1. The molecule has 0 amide bonds. The molecular weight excluding hydrogens is 228 g/mol. The first-order valence-corrected chi connectivity index (χ1v) is 7.58. The van der Waals surface area contributed by atoms with Gasteiger partial charge in [0.05, 0.1) is 0 Å². The first-order valence-electron chi connectivity index (χ1n) is 6.76. The predicted octanol–water partition coefficient (Wildman–Crippen LogP) is 2.72. The lowest BCUT2D eigenvalue weighted by molar-refractivity contribution is 0.369. The summed E-state index contributed by atoms with van der Waals surface area (Å²) >= 11 is 1.92. The molecule has 1 saturated heterocycles. The van der Waals surface area contributed by atoms with Crippen molar-refractivity contribution in [2.75, 3.05) is 13.1 Å². The van der Waals surface area contributed by atoms with Crippen LogP contribution in [0, 0.1) is 6.92 Å². The molecule has 2 heterocycles. The van der Waals surface area contributed by atoms with Crippen LogP contribution in [0.25, 0.3) is 0 Å². The van der Waals surface area contributed by atoms with E-state index >= 15 is 0 Å². The van der Waals surface area contributed by atoms with Crippen molar-refractivity contribution in [3.63, 3.8) is 0 Å². The highest BCUT2D eigenvalue weighted by molar-refractivity contribution is 7.11. The van der Waals surface area contributed by atoms with Crippen LogP contribution in [-0.2, 0) is 6.42 Å². The van der Waals surface area contributed by atoms with Crippen molar-refractivity contribution in [1.29, 1.82) is 0 Å². The molecule has 2 rings (SSSR count). The van der Waals surface area contributed by atoms with Crippen molar-refractivity contribution in [2.24, 2.45) is 0 Å². The number of rotatable bonds is 5. The number of aryl methyl sites for hydroxylation is 1. The molecule has 2 nitrogen and oxygen atoms in total. The molecule has 0 radical (unpaired) electrons. The zero-order chi connectivity index (χ0) is 12.1. The number of piperidine rings is 1. The van der Waals surface area contributed by atoms with Gasteiger partial charge in [0.15, 0.2) is 0 Å². The Morgan fingerprint density at radius 3 is 3.00 bits per heavy atom. The van der Waals surface area contributed by atoms with E-state index in [1.54, 1.807) is 0 Å². The van der Waals surface area contributed by atoms with E-state index in [9.17, 15) is 0 Å². The highest BCUT2D eigenvalue weighted by atomic mass is 32.1. The average molecular weight is 252 g/mol. The Bertz CT molecular complexity index is 329. The minimum atomic E-state index is 0.580. The van der Waals surface area contributed by atoms with Crippen LogP contribution in [0.4, 0.5) is 0 Å². The zero-order valence-electron chi connectivity index (χ0n) is 11.0. The van der Waals surface area contributed by atoms with Crippen molar-refractivity contribution in [3.8, 4) is 0 Å². The summed E-state index contributed by atoms with van der Waals surface area (Å²) in [5.41, 5.74) is 0. The maximum Gasteiger partial charge on any atom is 0.0192 e. The van der Waals surface area contributed by atoms with E-state index in [-0.39, 0.29) is 0 Å². The summed E-state index contributed by atoms with van der Waals surface area (Å²) in [5.74, 6) is 0. The molecule has 0 aliphatic carbocycles. The normalized spacial score (nSPS) is 22.6. The van der Waals surface area contributed by atoms with Crippen LogP contribution in [0.15, 0.2) is 12.1 Å². The quantitative estimate of drug-likeness (QED) is 0.842. The van der Waals surface area contributed by atoms with Crippen LogP contribution in [0.2, 0.25) is 0 Å². The minimum Gasteiger partial charge on any atom is -0.313 e. The fraction of sp³-hybridized carbons (Fsp3) is 0.714. The van der Waals surface area contributed by atoms with Gasteiger partial charge in [-0.2, -0.15) is 0 Å². The van der Waals surface area contributed by atoms with E-state index in [0.29, 0.717) is 12.1 Å². The standard InChI is InChI=1S/C14H24N2S/c1-11(9-14-7-6-12(2)17-14)16-10-13-5-3-4-8-15-13/h6-7,11,13,15-16H,3-5,8-10H2,1-2H3. The van der Waals surface area contributed by atoms with Gasteiger partial charge in [-0.25, -0.2) is 0 Å². The lowest BCUT2D eigenvalue weighted by Gasteiger charge is -2.25. The topological polar surface area (TPSA) is 24.1 Å². The van der Waals surface area contributed by atoms with Gasteiger partial charge < -0.3 is 10.6 Å². The molecule has 0 bridgehead atoms. The predicted molar refractivity (Wildman–Crippen MR) is 75.9 cm³/mol. The second kappa shape index (κ2) is 6.53. The third kappa shape index (κ3) is 4.41. The van der Waals surface area contributed by atoms with Gasteiger partial charge in [0.1, 0.15) is 0 Å². The molecule has 17 heavy (non-hydrogen) atoms. The number of nitrogens with one attached hydrogen (secondary N) is 2. The van der Waals surface area contributed by atoms with Crippen LogP contribution in [0.1, 0.15) is 35.9 Å². The molecule has 1 fully saturated rings. The average Bonchev–Trinajstić information content (AvgIpc) is 2.73. The van der Waals surface area contributed by atoms with Gasteiger partial charge in [0.2, 0.25) is 0 Å². The van der Waals surface area contributed by atoms with E-state index in [0.717, 1.165) is 13.0 Å². The molecule has 1 aliphatic heterocycles. The van der Waals surface area contributed by atoms with Crippen molar-refractivity contribution in [1.82, 2.24) is 10.6 Å². The van der Waals surface area contributed by atoms with Gasteiger partial charge in [0.25, 0.3) is 0 Å². The molecule has 0 spiro atoms. The van der Waals surface area contributed by atoms with Gasteiger partial charge in [-0.15, -0.1) is 11.3 Å². The third-order valence-corrected chi connectivity index (χ3v) is 4.45. The van der Waals surface area contributed by atoms with Gasteiger partial charge in [-0.3, -0.25) is 0 Å². The molecule has 1 aromatic rings. The Kier molecular flexibility index (Phi) is 5.01. The fourth-order valence-electron chi connectivity index (χ4n) is 2.41. The molecule has 96 valence electrons. The van der Waals surface area contributed by atoms with Crippen LogP contribution < -0.4 is 10.6 Å². The van der Waals surface area contributed by atoms with E-state index < -0.39 is 0 Å². The Morgan fingerprint density at radius 2 is 2.35 bits per heavy atom. The molecule has 3 heteroatoms. The maximum atomic E-state index is 3.65. The molecular formula is C14H24N2S. The smallest absolute Gasteiger partial charge is 0.0192 e.